The summed E-state index contributed by atoms with van der Waals surface area (Å²) < 4.78 is 1.26. The van der Waals surface area contributed by atoms with Gasteiger partial charge >= 0.3 is 0 Å². The van der Waals surface area contributed by atoms with Gasteiger partial charge in [-0.15, -0.1) is 11.3 Å². The minimum atomic E-state index is -0.219. The molecule has 2 heterocycles. The zero-order chi connectivity index (χ0) is 15.2. The molecule has 0 spiro atoms. The van der Waals surface area contributed by atoms with Gasteiger partial charge in [-0.05, 0) is 49.6 Å². The third-order valence-corrected chi connectivity index (χ3v) is 5.18. The number of amides is 1. The van der Waals surface area contributed by atoms with Crippen LogP contribution in [0, 0.1) is 0 Å². The molecule has 0 bridgehead atoms. The molecular weight excluding hydrogens is 280 g/mol. The molecule has 2 atom stereocenters. The Hall–Kier alpha value is -1.39. The number of nitrogens with two attached hydrogens (primary N) is 1. The van der Waals surface area contributed by atoms with E-state index in [4.69, 9.17) is 5.73 Å². The summed E-state index contributed by atoms with van der Waals surface area (Å²) in [5, 5.41) is 3.40. The van der Waals surface area contributed by atoms with E-state index < -0.39 is 0 Å². The molecule has 1 aromatic carbocycles. The SMILES string of the molecule is CC(C)(C)N1C(=O)CCC(N)C1c1csc2ccccc12. The van der Waals surface area contributed by atoms with E-state index >= 15 is 0 Å². The third kappa shape index (κ3) is 2.47. The van der Waals surface area contributed by atoms with Crippen LogP contribution in [-0.4, -0.2) is 22.4 Å². The van der Waals surface area contributed by atoms with E-state index in [1.807, 2.05) is 4.90 Å². The Morgan fingerprint density at radius 1 is 1.29 bits per heavy atom. The highest BCUT2D eigenvalue weighted by atomic mass is 32.1. The molecule has 4 heteroatoms. The number of nitrogens with zero attached hydrogens (tertiary/aromatic N) is 1. The maximum Gasteiger partial charge on any atom is 0.223 e. The lowest BCUT2D eigenvalue weighted by Crippen LogP contribution is -2.56. The maximum atomic E-state index is 12.5. The number of carbonyl (C=O) groups is 1. The Kier molecular flexibility index (Phi) is 3.54. The predicted molar refractivity (Wildman–Crippen MR) is 88.4 cm³/mol. The minimum Gasteiger partial charge on any atom is -0.329 e. The first-order valence-electron chi connectivity index (χ1n) is 7.43. The second-order valence-electron chi connectivity index (χ2n) is 6.77. The highest BCUT2D eigenvalue weighted by Crippen LogP contribution is 2.41. The number of likely N-dealkylation sites (tertiary alicyclic amines) is 1. The van der Waals surface area contributed by atoms with Crippen molar-refractivity contribution in [2.45, 2.75) is 51.2 Å². The highest BCUT2D eigenvalue weighted by Gasteiger charge is 2.41. The maximum absolute atomic E-state index is 12.5. The fraction of sp³-hybridized carbons (Fsp3) is 0.471. The molecule has 1 saturated heterocycles. The van der Waals surface area contributed by atoms with Crippen LogP contribution in [0.15, 0.2) is 29.6 Å². The van der Waals surface area contributed by atoms with Crippen molar-refractivity contribution in [1.82, 2.24) is 4.90 Å². The minimum absolute atomic E-state index is 0.0000638. The van der Waals surface area contributed by atoms with Crippen molar-refractivity contribution in [3.63, 3.8) is 0 Å². The number of hydrogen-bond acceptors (Lipinski definition) is 3. The third-order valence-electron chi connectivity index (χ3n) is 4.20. The van der Waals surface area contributed by atoms with Gasteiger partial charge in [0.25, 0.3) is 0 Å². The van der Waals surface area contributed by atoms with Gasteiger partial charge in [-0.25, -0.2) is 0 Å². The largest absolute Gasteiger partial charge is 0.329 e. The number of rotatable bonds is 1. The topological polar surface area (TPSA) is 46.3 Å². The lowest BCUT2D eigenvalue weighted by molar-refractivity contribution is -0.143. The standard InChI is InChI=1S/C17H22N2OS/c1-17(2,3)19-15(20)9-8-13(18)16(19)12-10-21-14-7-5-4-6-11(12)14/h4-7,10,13,16H,8-9,18H2,1-3H3. The molecular formula is C17H22N2OS. The van der Waals surface area contributed by atoms with Gasteiger partial charge in [-0.1, -0.05) is 18.2 Å². The van der Waals surface area contributed by atoms with Crippen molar-refractivity contribution in [1.29, 1.82) is 0 Å². The summed E-state index contributed by atoms with van der Waals surface area (Å²) in [4.78, 5) is 14.5. The van der Waals surface area contributed by atoms with Gasteiger partial charge in [-0.2, -0.15) is 0 Å². The summed E-state index contributed by atoms with van der Waals surface area (Å²) in [5.74, 6) is 0.212. The van der Waals surface area contributed by atoms with E-state index in [2.05, 4.69) is 50.4 Å². The van der Waals surface area contributed by atoms with E-state index in [0.717, 1.165) is 6.42 Å². The molecule has 21 heavy (non-hydrogen) atoms. The first kappa shape index (κ1) is 14.5. The first-order valence-corrected chi connectivity index (χ1v) is 8.31. The van der Waals surface area contributed by atoms with Crippen molar-refractivity contribution in [2.24, 2.45) is 5.73 Å². The van der Waals surface area contributed by atoms with Crippen LogP contribution in [0.3, 0.4) is 0 Å². The molecule has 2 unspecified atom stereocenters. The van der Waals surface area contributed by atoms with Crippen molar-refractivity contribution in [2.75, 3.05) is 0 Å². The van der Waals surface area contributed by atoms with Crippen molar-refractivity contribution >= 4 is 27.3 Å². The number of piperidine rings is 1. The molecule has 1 aromatic heterocycles. The van der Waals surface area contributed by atoms with Gasteiger partial charge in [0, 0.05) is 22.7 Å². The van der Waals surface area contributed by atoms with Crippen LogP contribution < -0.4 is 5.73 Å². The number of thiophene rings is 1. The summed E-state index contributed by atoms with van der Waals surface area (Å²) in [7, 11) is 0. The van der Waals surface area contributed by atoms with E-state index in [-0.39, 0.29) is 23.5 Å². The number of hydrogen-bond donors (Lipinski definition) is 1. The smallest absolute Gasteiger partial charge is 0.223 e. The fourth-order valence-corrected chi connectivity index (χ4v) is 4.29. The van der Waals surface area contributed by atoms with Crippen LogP contribution in [0.25, 0.3) is 10.1 Å². The average molecular weight is 302 g/mol. The van der Waals surface area contributed by atoms with Crippen LogP contribution in [0.5, 0.6) is 0 Å². The molecule has 2 aromatic rings. The van der Waals surface area contributed by atoms with E-state index in [1.165, 1.54) is 15.6 Å². The van der Waals surface area contributed by atoms with Crippen molar-refractivity contribution in [3.8, 4) is 0 Å². The van der Waals surface area contributed by atoms with Gasteiger partial charge in [-0.3, -0.25) is 4.79 Å². The Morgan fingerprint density at radius 3 is 2.71 bits per heavy atom. The van der Waals surface area contributed by atoms with E-state index in [1.54, 1.807) is 11.3 Å². The zero-order valence-electron chi connectivity index (χ0n) is 12.8. The highest BCUT2D eigenvalue weighted by molar-refractivity contribution is 7.17. The molecule has 0 aliphatic carbocycles. The molecule has 112 valence electrons. The summed E-state index contributed by atoms with van der Waals surface area (Å²) >= 11 is 1.73. The molecule has 1 amide bonds. The van der Waals surface area contributed by atoms with Gasteiger partial charge in [0.1, 0.15) is 0 Å². The van der Waals surface area contributed by atoms with E-state index in [9.17, 15) is 4.79 Å². The lowest BCUT2D eigenvalue weighted by Gasteiger charge is -2.47. The second kappa shape index (κ2) is 5.11. The fourth-order valence-electron chi connectivity index (χ4n) is 3.30. The molecule has 2 N–H and O–H groups in total. The predicted octanol–water partition coefficient (Wildman–Crippen LogP) is 3.69. The number of carbonyl (C=O) groups excluding carboxylic acids is 1. The monoisotopic (exact) mass is 302 g/mol. The second-order valence-corrected chi connectivity index (χ2v) is 7.68. The van der Waals surface area contributed by atoms with Gasteiger partial charge in [0.2, 0.25) is 5.91 Å². The van der Waals surface area contributed by atoms with Gasteiger partial charge in [0.15, 0.2) is 0 Å². The lowest BCUT2D eigenvalue weighted by atomic mass is 9.86. The first-order chi connectivity index (χ1) is 9.89. The summed E-state index contributed by atoms with van der Waals surface area (Å²) in [6.07, 6.45) is 1.32. The zero-order valence-corrected chi connectivity index (χ0v) is 13.6. The van der Waals surface area contributed by atoms with Crippen LogP contribution >= 0.6 is 11.3 Å². The number of benzene rings is 1. The van der Waals surface area contributed by atoms with Crippen LogP contribution in [0.1, 0.15) is 45.2 Å². The number of fused-ring (bicyclic) bond motifs is 1. The van der Waals surface area contributed by atoms with E-state index in [0.29, 0.717) is 6.42 Å². The molecule has 0 radical (unpaired) electrons. The van der Waals surface area contributed by atoms with Gasteiger partial charge < -0.3 is 10.6 Å². The summed E-state index contributed by atoms with van der Waals surface area (Å²) in [5.41, 5.74) is 7.40. The Labute approximate surface area is 129 Å². The van der Waals surface area contributed by atoms with Crippen LogP contribution in [0.4, 0.5) is 0 Å². The average Bonchev–Trinajstić information content (AvgIpc) is 2.83. The quantitative estimate of drug-likeness (QED) is 0.873. The molecule has 1 fully saturated rings. The molecule has 3 rings (SSSR count). The van der Waals surface area contributed by atoms with Crippen molar-refractivity contribution in [3.05, 3.63) is 35.2 Å². The van der Waals surface area contributed by atoms with Crippen LogP contribution in [0.2, 0.25) is 0 Å². The molecule has 0 saturated carbocycles. The Balaban J connectivity index is 2.14. The molecule has 1 aliphatic rings. The summed E-state index contributed by atoms with van der Waals surface area (Å²) in [6.45, 7) is 6.26. The molecule has 1 aliphatic heterocycles. The Bertz CT molecular complexity index is 671. The summed E-state index contributed by atoms with van der Waals surface area (Å²) in [6, 6.07) is 8.34. The molecule has 3 nitrogen and oxygen atoms in total. The normalized spacial score (nSPS) is 23.8. The Morgan fingerprint density at radius 2 is 2.00 bits per heavy atom. The van der Waals surface area contributed by atoms with Crippen molar-refractivity contribution < 1.29 is 4.79 Å². The van der Waals surface area contributed by atoms with Crippen LogP contribution in [-0.2, 0) is 4.79 Å². The van der Waals surface area contributed by atoms with Gasteiger partial charge in [0.05, 0.1) is 6.04 Å².